The summed E-state index contributed by atoms with van der Waals surface area (Å²) in [6.07, 6.45) is 5.56. The second-order valence-corrected chi connectivity index (χ2v) is 6.23. The third-order valence-corrected chi connectivity index (χ3v) is 4.59. The van der Waals surface area contributed by atoms with Gasteiger partial charge in [-0.05, 0) is 37.4 Å². The van der Waals surface area contributed by atoms with Crippen molar-refractivity contribution in [3.63, 3.8) is 0 Å². The smallest absolute Gasteiger partial charge is 0.0774 e. The molecule has 0 saturated heterocycles. The van der Waals surface area contributed by atoms with Crippen molar-refractivity contribution in [3.05, 3.63) is 35.4 Å². The van der Waals surface area contributed by atoms with Crippen LogP contribution in [0.4, 0.5) is 0 Å². The summed E-state index contributed by atoms with van der Waals surface area (Å²) in [5, 5.41) is 10.4. The van der Waals surface area contributed by atoms with Gasteiger partial charge < -0.3 is 10.0 Å². The number of benzene rings is 1. The molecule has 1 saturated carbocycles. The van der Waals surface area contributed by atoms with Gasteiger partial charge in [0.2, 0.25) is 0 Å². The van der Waals surface area contributed by atoms with Crippen LogP contribution in [0.15, 0.2) is 24.3 Å². The summed E-state index contributed by atoms with van der Waals surface area (Å²) >= 11 is 0. The molecule has 18 heavy (non-hydrogen) atoms. The minimum atomic E-state index is -0.405. The van der Waals surface area contributed by atoms with Crippen LogP contribution in [0.3, 0.4) is 0 Å². The van der Waals surface area contributed by atoms with Crippen molar-refractivity contribution in [1.82, 2.24) is 4.90 Å². The first kappa shape index (κ1) is 12.2. The fourth-order valence-electron chi connectivity index (χ4n) is 3.66. The fourth-order valence-corrected chi connectivity index (χ4v) is 3.66. The van der Waals surface area contributed by atoms with E-state index < -0.39 is 5.60 Å². The van der Waals surface area contributed by atoms with E-state index in [0.29, 0.717) is 5.92 Å². The van der Waals surface area contributed by atoms with Crippen molar-refractivity contribution in [2.24, 2.45) is 0 Å². The summed E-state index contributed by atoms with van der Waals surface area (Å²) in [5.74, 6) is 0.677. The Hall–Kier alpha value is -0.860. The second-order valence-electron chi connectivity index (χ2n) is 6.23. The van der Waals surface area contributed by atoms with E-state index >= 15 is 0 Å². The van der Waals surface area contributed by atoms with Gasteiger partial charge in [0.25, 0.3) is 0 Å². The predicted molar refractivity (Wildman–Crippen MR) is 73.8 cm³/mol. The predicted octanol–water partition coefficient (Wildman–Crippen LogP) is 2.56. The Labute approximate surface area is 110 Å². The number of nitrogens with zero attached hydrogens (tertiary/aromatic N) is 1. The Bertz CT molecular complexity index is 423. The minimum absolute atomic E-state index is 0.405. The number of rotatable bonds is 4. The first-order chi connectivity index (χ1) is 8.66. The molecule has 0 radical (unpaired) electrons. The van der Waals surface area contributed by atoms with E-state index in [-0.39, 0.29) is 0 Å². The van der Waals surface area contributed by atoms with Gasteiger partial charge in [0.05, 0.1) is 5.60 Å². The van der Waals surface area contributed by atoms with Crippen molar-refractivity contribution in [2.75, 3.05) is 20.1 Å². The van der Waals surface area contributed by atoms with Crippen molar-refractivity contribution in [3.8, 4) is 0 Å². The van der Waals surface area contributed by atoms with Crippen LogP contribution in [0.25, 0.3) is 0 Å². The highest BCUT2D eigenvalue weighted by molar-refractivity contribution is 5.40. The van der Waals surface area contributed by atoms with Crippen LogP contribution in [0.2, 0.25) is 0 Å². The highest BCUT2D eigenvalue weighted by Crippen LogP contribution is 2.36. The molecular weight excluding hydrogens is 222 g/mol. The maximum atomic E-state index is 10.4. The molecule has 0 bridgehead atoms. The molecule has 0 aromatic heterocycles. The lowest BCUT2D eigenvalue weighted by atomic mass is 9.77. The zero-order valence-electron chi connectivity index (χ0n) is 11.2. The molecule has 0 heterocycles. The highest BCUT2D eigenvalue weighted by atomic mass is 16.3. The molecule has 0 aliphatic heterocycles. The molecule has 1 fully saturated rings. The number of fused-ring (bicyclic) bond motifs is 1. The van der Waals surface area contributed by atoms with Gasteiger partial charge in [0, 0.05) is 19.0 Å². The molecule has 1 aromatic rings. The molecule has 1 unspecified atom stereocenters. The zero-order valence-corrected chi connectivity index (χ0v) is 11.2. The van der Waals surface area contributed by atoms with Gasteiger partial charge in [0.1, 0.15) is 0 Å². The lowest BCUT2D eigenvalue weighted by molar-refractivity contribution is 0.0146. The third-order valence-electron chi connectivity index (χ3n) is 4.59. The Morgan fingerprint density at radius 3 is 2.72 bits per heavy atom. The van der Waals surface area contributed by atoms with Crippen LogP contribution < -0.4 is 0 Å². The molecule has 1 N–H and O–H groups in total. The molecule has 1 aromatic carbocycles. The van der Waals surface area contributed by atoms with E-state index in [1.807, 2.05) is 0 Å². The van der Waals surface area contributed by atoms with Crippen molar-refractivity contribution in [1.29, 1.82) is 0 Å². The van der Waals surface area contributed by atoms with Crippen LogP contribution in [0, 0.1) is 0 Å². The Morgan fingerprint density at radius 1 is 1.28 bits per heavy atom. The molecule has 2 nitrogen and oxygen atoms in total. The van der Waals surface area contributed by atoms with E-state index in [1.165, 1.54) is 30.4 Å². The van der Waals surface area contributed by atoms with Crippen LogP contribution in [-0.2, 0) is 6.42 Å². The van der Waals surface area contributed by atoms with E-state index in [2.05, 4.69) is 36.2 Å². The SMILES string of the molecule is CN(CC1Cc2ccccc21)CC1(O)CCCC1. The maximum absolute atomic E-state index is 10.4. The summed E-state index contributed by atoms with van der Waals surface area (Å²) < 4.78 is 0. The van der Waals surface area contributed by atoms with Crippen LogP contribution in [-0.4, -0.2) is 35.7 Å². The number of likely N-dealkylation sites (N-methyl/N-ethyl adjacent to an activating group) is 1. The summed E-state index contributed by atoms with van der Waals surface area (Å²) in [6.45, 7) is 1.92. The number of hydrogen-bond donors (Lipinski definition) is 1. The number of hydrogen-bond acceptors (Lipinski definition) is 2. The van der Waals surface area contributed by atoms with Gasteiger partial charge in [-0.15, -0.1) is 0 Å². The largest absolute Gasteiger partial charge is 0.389 e. The van der Waals surface area contributed by atoms with E-state index in [9.17, 15) is 5.11 Å². The number of aliphatic hydroxyl groups is 1. The molecule has 2 aliphatic carbocycles. The molecule has 2 aliphatic rings. The Balaban J connectivity index is 1.55. The van der Waals surface area contributed by atoms with E-state index in [4.69, 9.17) is 0 Å². The fraction of sp³-hybridized carbons (Fsp3) is 0.625. The second kappa shape index (κ2) is 4.67. The molecule has 0 amide bonds. The van der Waals surface area contributed by atoms with Crippen LogP contribution in [0.1, 0.15) is 42.7 Å². The van der Waals surface area contributed by atoms with E-state index in [0.717, 1.165) is 25.9 Å². The summed E-state index contributed by atoms with van der Waals surface area (Å²) in [7, 11) is 2.15. The van der Waals surface area contributed by atoms with Gasteiger partial charge in [-0.2, -0.15) is 0 Å². The molecule has 0 spiro atoms. The average Bonchev–Trinajstić information content (AvgIpc) is 2.72. The van der Waals surface area contributed by atoms with Gasteiger partial charge in [0.15, 0.2) is 0 Å². The molecule has 2 heteroatoms. The summed E-state index contributed by atoms with van der Waals surface area (Å²) in [5.41, 5.74) is 2.62. The lowest BCUT2D eigenvalue weighted by Crippen LogP contribution is -2.42. The molecule has 98 valence electrons. The standard InChI is InChI=1S/C16H23NO/c1-17(12-16(18)8-4-5-9-16)11-14-10-13-6-2-3-7-15(13)14/h2-3,6-7,14,18H,4-5,8-12H2,1H3. The highest BCUT2D eigenvalue weighted by Gasteiger charge is 2.34. The summed E-state index contributed by atoms with van der Waals surface area (Å²) in [6, 6.07) is 8.74. The zero-order chi connectivity index (χ0) is 12.6. The maximum Gasteiger partial charge on any atom is 0.0774 e. The molecular formula is C16H23NO. The van der Waals surface area contributed by atoms with Gasteiger partial charge >= 0.3 is 0 Å². The summed E-state index contributed by atoms with van der Waals surface area (Å²) in [4.78, 5) is 2.33. The normalized spacial score (nSPS) is 24.9. The lowest BCUT2D eigenvalue weighted by Gasteiger charge is -2.36. The van der Waals surface area contributed by atoms with Crippen LogP contribution in [0.5, 0.6) is 0 Å². The first-order valence-corrected chi connectivity index (χ1v) is 7.15. The van der Waals surface area contributed by atoms with Crippen molar-refractivity contribution in [2.45, 2.75) is 43.6 Å². The average molecular weight is 245 g/mol. The van der Waals surface area contributed by atoms with Crippen molar-refractivity contribution >= 4 is 0 Å². The van der Waals surface area contributed by atoms with Crippen molar-refractivity contribution < 1.29 is 5.11 Å². The van der Waals surface area contributed by atoms with Gasteiger partial charge in [-0.1, -0.05) is 37.1 Å². The third kappa shape index (κ3) is 2.32. The Morgan fingerprint density at radius 2 is 2.00 bits per heavy atom. The van der Waals surface area contributed by atoms with Gasteiger partial charge in [-0.25, -0.2) is 0 Å². The quantitative estimate of drug-likeness (QED) is 0.881. The molecule has 3 rings (SSSR count). The topological polar surface area (TPSA) is 23.5 Å². The van der Waals surface area contributed by atoms with Crippen LogP contribution >= 0.6 is 0 Å². The Kier molecular flexibility index (Phi) is 3.16. The first-order valence-electron chi connectivity index (χ1n) is 7.15. The van der Waals surface area contributed by atoms with Gasteiger partial charge in [-0.3, -0.25) is 0 Å². The molecule has 1 atom stereocenters. The van der Waals surface area contributed by atoms with E-state index in [1.54, 1.807) is 0 Å². The monoisotopic (exact) mass is 245 g/mol. The minimum Gasteiger partial charge on any atom is -0.389 e.